The van der Waals surface area contributed by atoms with Crippen LogP contribution in [0.4, 0.5) is 0 Å². The first-order chi connectivity index (χ1) is 6.86. The Kier molecular flexibility index (Phi) is 2.33. The van der Waals surface area contributed by atoms with E-state index in [4.69, 9.17) is 0 Å². The normalized spacial score (nSPS) is 42.7. The van der Waals surface area contributed by atoms with Gasteiger partial charge in [0.05, 0.1) is 0 Å². The fraction of sp³-hybridized carbons (Fsp3) is 0.786. The standard InChI is InChI=1S/C14H22O/c1-10(15)5-6-12-13(2,3)8-7-11-9-14(11,12)4/h5-6,11-12H,7-9H2,1-4H3. The molecule has 0 heterocycles. The van der Waals surface area contributed by atoms with Crippen LogP contribution in [0.5, 0.6) is 0 Å². The van der Waals surface area contributed by atoms with Gasteiger partial charge >= 0.3 is 0 Å². The molecule has 2 saturated carbocycles. The van der Waals surface area contributed by atoms with Crippen molar-refractivity contribution in [3.8, 4) is 0 Å². The summed E-state index contributed by atoms with van der Waals surface area (Å²) in [7, 11) is 0. The van der Waals surface area contributed by atoms with Gasteiger partial charge in [0.15, 0.2) is 5.78 Å². The molecule has 0 aromatic rings. The van der Waals surface area contributed by atoms with E-state index in [9.17, 15) is 4.79 Å². The summed E-state index contributed by atoms with van der Waals surface area (Å²) < 4.78 is 0. The summed E-state index contributed by atoms with van der Waals surface area (Å²) in [6.07, 6.45) is 8.01. The highest BCUT2D eigenvalue weighted by Crippen LogP contribution is 2.68. The number of hydrogen-bond donors (Lipinski definition) is 0. The van der Waals surface area contributed by atoms with Crippen molar-refractivity contribution in [2.75, 3.05) is 0 Å². The van der Waals surface area contributed by atoms with E-state index in [-0.39, 0.29) is 5.78 Å². The maximum atomic E-state index is 11.0. The molecule has 3 atom stereocenters. The Morgan fingerprint density at radius 1 is 1.33 bits per heavy atom. The molecule has 15 heavy (non-hydrogen) atoms. The number of hydrogen-bond acceptors (Lipinski definition) is 1. The molecule has 0 saturated heterocycles. The van der Waals surface area contributed by atoms with Crippen molar-refractivity contribution in [2.24, 2.45) is 22.7 Å². The Morgan fingerprint density at radius 3 is 2.60 bits per heavy atom. The molecule has 2 aliphatic carbocycles. The number of ketones is 1. The molecule has 0 radical (unpaired) electrons. The first kappa shape index (κ1) is 10.9. The fourth-order valence-electron chi connectivity index (χ4n) is 3.59. The molecular formula is C14H22O. The zero-order valence-corrected chi connectivity index (χ0v) is 10.3. The topological polar surface area (TPSA) is 17.1 Å². The predicted molar refractivity (Wildman–Crippen MR) is 62.5 cm³/mol. The fourth-order valence-corrected chi connectivity index (χ4v) is 3.59. The van der Waals surface area contributed by atoms with Crippen LogP contribution in [-0.2, 0) is 4.79 Å². The lowest BCUT2D eigenvalue weighted by atomic mass is 9.63. The smallest absolute Gasteiger partial charge is 0.152 e. The predicted octanol–water partition coefficient (Wildman–Crippen LogP) is 3.59. The second kappa shape index (κ2) is 3.20. The first-order valence-electron chi connectivity index (χ1n) is 6.05. The summed E-state index contributed by atoms with van der Waals surface area (Å²) >= 11 is 0. The van der Waals surface area contributed by atoms with Crippen molar-refractivity contribution >= 4 is 5.78 Å². The molecule has 0 bridgehead atoms. The Bertz CT molecular complexity index is 309. The van der Waals surface area contributed by atoms with Gasteiger partial charge in [-0.2, -0.15) is 0 Å². The van der Waals surface area contributed by atoms with E-state index in [1.54, 1.807) is 13.0 Å². The lowest BCUT2D eigenvalue weighted by Crippen LogP contribution is -2.34. The van der Waals surface area contributed by atoms with E-state index in [1.807, 2.05) is 0 Å². The molecule has 0 amide bonds. The van der Waals surface area contributed by atoms with Crippen LogP contribution < -0.4 is 0 Å². The van der Waals surface area contributed by atoms with Crippen LogP contribution in [0.1, 0.15) is 47.0 Å². The number of carbonyl (C=O) groups excluding carboxylic acids is 1. The molecule has 2 fully saturated rings. The van der Waals surface area contributed by atoms with Crippen LogP contribution >= 0.6 is 0 Å². The Morgan fingerprint density at radius 2 is 2.00 bits per heavy atom. The summed E-state index contributed by atoms with van der Waals surface area (Å²) in [5, 5.41) is 0. The van der Waals surface area contributed by atoms with Crippen molar-refractivity contribution in [3.63, 3.8) is 0 Å². The van der Waals surface area contributed by atoms with Crippen LogP contribution in [0, 0.1) is 22.7 Å². The van der Waals surface area contributed by atoms with Crippen LogP contribution in [0.15, 0.2) is 12.2 Å². The van der Waals surface area contributed by atoms with Crippen LogP contribution in [0.2, 0.25) is 0 Å². The van der Waals surface area contributed by atoms with Crippen molar-refractivity contribution < 1.29 is 4.79 Å². The highest BCUT2D eigenvalue weighted by molar-refractivity contribution is 5.87. The summed E-state index contributed by atoms with van der Waals surface area (Å²) in [5.74, 6) is 1.69. The molecule has 0 spiro atoms. The first-order valence-corrected chi connectivity index (χ1v) is 6.05. The summed E-state index contributed by atoms with van der Waals surface area (Å²) in [6.45, 7) is 8.73. The highest BCUT2D eigenvalue weighted by atomic mass is 16.1. The minimum absolute atomic E-state index is 0.178. The maximum Gasteiger partial charge on any atom is 0.152 e. The van der Waals surface area contributed by atoms with Gasteiger partial charge < -0.3 is 0 Å². The van der Waals surface area contributed by atoms with Crippen LogP contribution in [-0.4, -0.2) is 5.78 Å². The largest absolute Gasteiger partial charge is 0.295 e. The Labute approximate surface area is 92.9 Å². The second-order valence-electron chi connectivity index (χ2n) is 6.38. The van der Waals surface area contributed by atoms with Gasteiger partial charge in [-0.15, -0.1) is 0 Å². The molecular weight excluding hydrogens is 184 g/mol. The van der Waals surface area contributed by atoms with Gasteiger partial charge in [-0.25, -0.2) is 0 Å². The average molecular weight is 206 g/mol. The van der Waals surface area contributed by atoms with Gasteiger partial charge in [0, 0.05) is 0 Å². The Hall–Kier alpha value is -0.590. The monoisotopic (exact) mass is 206 g/mol. The third-order valence-corrected chi connectivity index (χ3v) is 4.67. The molecule has 0 N–H and O–H groups in total. The van der Waals surface area contributed by atoms with Crippen LogP contribution in [0.3, 0.4) is 0 Å². The lowest BCUT2D eigenvalue weighted by molar-refractivity contribution is -0.112. The number of carbonyl (C=O) groups is 1. The van der Waals surface area contributed by atoms with Gasteiger partial charge in [-0.05, 0) is 54.9 Å². The van der Waals surface area contributed by atoms with Gasteiger partial charge in [0.25, 0.3) is 0 Å². The third kappa shape index (κ3) is 1.77. The summed E-state index contributed by atoms with van der Waals surface area (Å²) in [6, 6.07) is 0. The van der Waals surface area contributed by atoms with E-state index in [2.05, 4.69) is 26.8 Å². The summed E-state index contributed by atoms with van der Waals surface area (Å²) in [5.41, 5.74) is 0.862. The van der Waals surface area contributed by atoms with Crippen LogP contribution in [0.25, 0.3) is 0 Å². The maximum absolute atomic E-state index is 11.0. The molecule has 2 aliphatic rings. The zero-order chi connectivity index (χ0) is 11.3. The van der Waals surface area contributed by atoms with Crippen molar-refractivity contribution in [2.45, 2.75) is 47.0 Å². The summed E-state index contributed by atoms with van der Waals surface area (Å²) in [4.78, 5) is 11.0. The molecule has 2 rings (SSSR count). The van der Waals surface area contributed by atoms with Gasteiger partial charge in [0.2, 0.25) is 0 Å². The molecule has 3 unspecified atom stereocenters. The molecule has 0 aromatic heterocycles. The minimum Gasteiger partial charge on any atom is -0.295 e. The molecule has 0 aromatic carbocycles. The molecule has 1 nitrogen and oxygen atoms in total. The lowest BCUT2D eigenvalue weighted by Gasteiger charge is -2.41. The SMILES string of the molecule is CC(=O)C=CC1C(C)(C)CCC2CC21C. The number of rotatable bonds is 2. The quantitative estimate of drug-likeness (QED) is 0.631. The van der Waals surface area contributed by atoms with E-state index < -0.39 is 0 Å². The average Bonchev–Trinajstić information content (AvgIpc) is 2.74. The van der Waals surface area contributed by atoms with Crippen molar-refractivity contribution in [1.29, 1.82) is 0 Å². The van der Waals surface area contributed by atoms with E-state index in [0.717, 1.165) is 5.92 Å². The highest BCUT2D eigenvalue weighted by Gasteiger charge is 2.60. The van der Waals surface area contributed by atoms with E-state index >= 15 is 0 Å². The van der Waals surface area contributed by atoms with Crippen molar-refractivity contribution in [1.82, 2.24) is 0 Å². The molecule has 84 valence electrons. The third-order valence-electron chi connectivity index (χ3n) is 4.67. The molecule has 0 aliphatic heterocycles. The van der Waals surface area contributed by atoms with Gasteiger partial charge in [-0.1, -0.05) is 26.8 Å². The zero-order valence-electron chi connectivity index (χ0n) is 10.3. The Balaban J connectivity index is 2.21. The minimum atomic E-state index is 0.178. The van der Waals surface area contributed by atoms with E-state index in [0.29, 0.717) is 16.7 Å². The van der Waals surface area contributed by atoms with Crippen molar-refractivity contribution in [3.05, 3.63) is 12.2 Å². The molecule has 1 heteroatoms. The van der Waals surface area contributed by atoms with Gasteiger partial charge in [0.1, 0.15) is 0 Å². The second-order valence-corrected chi connectivity index (χ2v) is 6.38. The number of allylic oxidation sites excluding steroid dienone is 2. The van der Waals surface area contributed by atoms with E-state index in [1.165, 1.54) is 19.3 Å². The van der Waals surface area contributed by atoms with Gasteiger partial charge in [-0.3, -0.25) is 4.79 Å². The number of fused-ring (bicyclic) bond motifs is 1.